The summed E-state index contributed by atoms with van der Waals surface area (Å²) in [5.41, 5.74) is 2.82. The van der Waals surface area contributed by atoms with Crippen LogP contribution in [0.3, 0.4) is 0 Å². The van der Waals surface area contributed by atoms with Gasteiger partial charge in [-0.3, -0.25) is 0 Å². The molecule has 0 heterocycles. The molecule has 0 radical (unpaired) electrons. The van der Waals surface area contributed by atoms with Gasteiger partial charge in [0.05, 0.1) is 0 Å². The normalized spacial score (nSPS) is 10.5. The van der Waals surface area contributed by atoms with Gasteiger partial charge in [-0.15, -0.1) is 0 Å². The molecule has 0 unspecified atom stereocenters. The van der Waals surface area contributed by atoms with Gasteiger partial charge in [-0.1, -0.05) is 43.3 Å². The molecule has 0 saturated carbocycles. The first-order valence-electron chi connectivity index (χ1n) is 8.96. The van der Waals surface area contributed by atoms with E-state index >= 15 is 0 Å². The summed E-state index contributed by atoms with van der Waals surface area (Å²) in [6.07, 6.45) is 1.39. The minimum absolute atomic E-state index is 0.152. The molecule has 0 saturated heterocycles. The largest absolute Gasteiger partial charge is 0.444 e. The van der Waals surface area contributed by atoms with Crippen molar-refractivity contribution in [1.29, 1.82) is 0 Å². The number of carbonyl (C=O) groups excluding carboxylic acids is 1. The van der Waals surface area contributed by atoms with Gasteiger partial charge in [-0.25, -0.2) is 9.18 Å². The van der Waals surface area contributed by atoms with Crippen LogP contribution in [0.4, 0.5) is 9.18 Å². The lowest BCUT2D eigenvalue weighted by Crippen LogP contribution is -2.32. The molecule has 0 aromatic heterocycles. The van der Waals surface area contributed by atoms with E-state index < -0.39 is 5.60 Å². The Labute approximate surface area is 156 Å². The van der Waals surface area contributed by atoms with Gasteiger partial charge in [0.25, 0.3) is 0 Å². The van der Waals surface area contributed by atoms with Crippen LogP contribution in [0.15, 0.2) is 48.5 Å². The standard InChI is InChI=1S/C14H13F.C8H17NO2/c1-11-7-13(10-14(15)8-11)9-12-5-3-2-4-6-12;1-5-6-9-7(10)11-8(2,3)4/h2-8,10H,9H2,1H3;5-6H2,1-4H3,(H,9,10). The predicted octanol–water partition coefficient (Wildman–Crippen LogP) is 5.65. The lowest BCUT2D eigenvalue weighted by molar-refractivity contribution is 0.0528. The summed E-state index contributed by atoms with van der Waals surface area (Å²) in [7, 11) is 0. The molecule has 0 bridgehead atoms. The van der Waals surface area contributed by atoms with Crippen LogP contribution in [0.5, 0.6) is 0 Å². The number of halogens is 1. The average molecular weight is 359 g/mol. The molecular weight excluding hydrogens is 329 g/mol. The minimum atomic E-state index is -0.391. The molecule has 0 atom stereocenters. The fourth-order valence-electron chi connectivity index (χ4n) is 2.29. The number of hydrogen-bond acceptors (Lipinski definition) is 2. The van der Waals surface area contributed by atoms with Crippen LogP contribution in [0, 0.1) is 12.7 Å². The summed E-state index contributed by atoms with van der Waals surface area (Å²) < 4.78 is 18.1. The first-order valence-corrected chi connectivity index (χ1v) is 8.96. The fourth-order valence-corrected chi connectivity index (χ4v) is 2.29. The number of benzene rings is 2. The second-order valence-electron chi connectivity index (χ2n) is 7.23. The molecule has 1 amide bonds. The molecule has 2 aromatic carbocycles. The Balaban J connectivity index is 0.000000276. The van der Waals surface area contributed by atoms with Crippen molar-refractivity contribution in [2.24, 2.45) is 0 Å². The first-order chi connectivity index (χ1) is 12.2. The third kappa shape index (κ3) is 9.82. The molecule has 4 heteroatoms. The number of ether oxygens (including phenoxy) is 1. The third-order valence-electron chi connectivity index (χ3n) is 3.27. The molecule has 142 valence electrons. The molecule has 0 fully saturated rings. The Bertz CT molecular complexity index is 658. The van der Waals surface area contributed by atoms with Gasteiger partial charge < -0.3 is 10.1 Å². The number of nitrogens with one attached hydrogen (secondary N) is 1. The van der Waals surface area contributed by atoms with Crippen LogP contribution < -0.4 is 5.32 Å². The first kappa shape index (κ1) is 21.7. The van der Waals surface area contributed by atoms with Crippen molar-refractivity contribution >= 4 is 6.09 Å². The Hall–Kier alpha value is -2.36. The van der Waals surface area contributed by atoms with Crippen molar-refractivity contribution in [3.8, 4) is 0 Å². The Morgan fingerprint density at radius 2 is 1.73 bits per heavy atom. The highest BCUT2D eigenvalue weighted by Crippen LogP contribution is 2.13. The van der Waals surface area contributed by atoms with Crippen molar-refractivity contribution in [2.45, 2.75) is 53.1 Å². The van der Waals surface area contributed by atoms with Gasteiger partial charge >= 0.3 is 6.09 Å². The molecule has 0 aliphatic heterocycles. The molecule has 2 rings (SSSR count). The van der Waals surface area contributed by atoms with E-state index in [2.05, 4.69) is 17.4 Å². The summed E-state index contributed by atoms with van der Waals surface area (Å²) >= 11 is 0. The maximum absolute atomic E-state index is 13.1. The summed E-state index contributed by atoms with van der Waals surface area (Å²) in [6, 6.07) is 15.3. The van der Waals surface area contributed by atoms with Gasteiger partial charge in [0.2, 0.25) is 0 Å². The van der Waals surface area contributed by atoms with Crippen LogP contribution >= 0.6 is 0 Å². The predicted molar refractivity (Wildman–Crippen MR) is 105 cm³/mol. The van der Waals surface area contributed by atoms with Gasteiger partial charge in [0.15, 0.2) is 0 Å². The zero-order valence-corrected chi connectivity index (χ0v) is 16.4. The summed E-state index contributed by atoms with van der Waals surface area (Å²) in [4.78, 5) is 10.9. The van der Waals surface area contributed by atoms with E-state index in [1.54, 1.807) is 12.1 Å². The molecule has 0 spiro atoms. The highest BCUT2D eigenvalue weighted by atomic mass is 19.1. The topological polar surface area (TPSA) is 38.3 Å². The van der Waals surface area contributed by atoms with Crippen LogP contribution in [-0.4, -0.2) is 18.2 Å². The van der Waals surface area contributed by atoms with Gasteiger partial charge in [-0.2, -0.15) is 0 Å². The van der Waals surface area contributed by atoms with Gasteiger partial charge in [0.1, 0.15) is 11.4 Å². The number of hydrogen-bond donors (Lipinski definition) is 1. The highest BCUT2D eigenvalue weighted by molar-refractivity contribution is 5.67. The van der Waals surface area contributed by atoms with E-state index in [9.17, 15) is 9.18 Å². The smallest absolute Gasteiger partial charge is 0.407 e. The zero-order valence-electron chi connectivity index (χ0n) is 16.4. The van der Waals surface area contributed by atoms with Crippen molar-refractivity contribution in [3.05, 3.63) is 71.0 Å². The maximum atomic E-state index is 13.1. The lowest BCUT2D eigenvalue weighted by atomic mass is 10.0. The maximum Gasteiger partial charge on any atom is 0.407 e. The number of alkyl carbamates (subject to hydrolysis) is 1. The Kier molecular flexibility index (Phi) is 8.83. The average Bonchev–Trinajstić information content (AvgIpc) is 2.52. The molecule has 3 nitrogen and oxygen atoms in total. The fraction of sp³-hybridized carbons (Fsp3) is 0.409. The second kappa shape index (κ2) is 10.6. The van der Waals surface area contributed by atoms with E-state index in [1.165, 1.54) is 5.56 Å². The quantitative estimate of drug-likeness (QED) is 0.766. The molecule has 0 aliphatic carbocycles. The summed E-state index contributed by atoms with van der Waals surface area (Å²) in [5, 5.41) is 2.63. The van der Waals surface area contributed by atoms with Crippen molar-refractivity contribution in [3.63, 3.8) is 0 Å². The number of amides is 1. The van der Waals surface area contributed by atoms with Crippen LogP contribution in [0.2, 0.25) is 0 Å². The summed E-state index contributed by atoms with van der Waals surface area (Å²) in [5.74, 6) is -0.152. The van der Waals surface area contributed by atoms with Crippen LogP contribution in [-0.2, 0) is 11.2 Å². The van der Waals surface area contributed by atoms with Crippen molar-refractivity contribution in [2.75, 3.05) is 6.54 Å². The highest BCUT2D eigenvalue weighted by Gasteiger charge is 2.14. The van der Waals surface area contributed by atoms with E-state index in [0.29, 0.717) is 6.54 Å². The molecule has 0 aliphatic rings. The van der Waals surface area contributed by atoms with E-state index in [4.69, 9.17) is 4.74 Å². The monoisotopic (exact) mass is 359 g/mol. The lowest BCUT2D eigenvalue weighted by Gasteiger charge is -2.19. The summed E-state index contributed by atoms with van der Waals surface area (Å²) in [6.45, 7) is 10.1. The van der Waals surface area contributed by atoms with E-state index in [-0.39, 0.29) is 11.9 Å². The Morgan fingerprint density at radius 1 is 1.08 bits per heavy atom. The molecule has 26 heavy (non-hydrogen) atoms. The van der Waals surface area contributed by atoms with Gasteiger partial charge in [-0.05, 0) is 69.4 Å². The number of rotatable bonds is 4. The zero-order chi connectivity index (χ0) is 19.6. The SMILES string of the molecule is CCCNC(=O)OC(C)(C)C.Cc1cc(F)cc(Cc2ccccc2)c1. The number of aryl methyl sites for hydroxylation is 1. The van der Waals surface area contributed by atoms with E-state index in [1.807, 2.05) is 58.9 Å². The third-order valence-corrected chi connectivity index (χ3v) is 3.27. The minimum Gasteiger partial charge on any atom is -0.444 e. The molecule has 2 aromatic rings. The number of carbonyl (C=O) groups is 1. The van der Waals surface area contributed by atoms with Crippen LogP contribution in [0.1, 0.15) is 50.8 Å². The van der Waals surface area contributed by atoms with Crippen molar-refractivity contribution < 1.29 is 13.9 Å². The van der Waals surface area contributed by atoms with Gasteiger partial charge in [0, 0.05) is 6.54 Å². The van der Waals surface area contributed by atoms with Crippen molar-refractivity contribution in [1.82, 2.24) is 5.32 Å². The Morgan fingerprint density at radius 3 is 2.27 bits per heavy atom. The van der Waals surface area contributed by atoms with Crippen LogP contribution in [0.25, 0.3) is 0 Å². The molecular formula is C22H30FNO2. The second-order valence-corrected chi connectivity index (χ2v) is 7.23. The molecule has 1 N–H and O–H groups in total. The van der Waals surface area contributed by atoms with E-state index in [0.717, 1.165) is 24.0 Å².